The fraction of sp³-hybridized carbons (Fsp3) is 0.600. The number of nitro benzene ring substituents is 2. The van der Waals surface area contributed by atoms with Crippen molar-refractivity contribution in [1.29, 1.82) is 0 Å². The Morgan fingerprint density at radius 2 is 1.44 bits per heavy atom. The summed E-state index contributed by atoms with van der Waals surface area (Å²) in [5.41, 5.74) is -1.52. The highest BCUT2D eigenvalue weighted by molar-refractivity contribution is 6.01. The second-order valence-electron chi connectivity index (χ2n) is 12.2. The zero-order valence-corrected chi connectivity index (χ0v) is 20.2. The average Bonchev–Trinajstić information content (AvgIpc) is 2.63. The zero-order valence-electron chi connectivity index (χ0n) is 20.2. The van der Waals surface area contributed by atoms with Crippen LogP contribution in [0.1, 0.15) is 83.5 Å². The average molecular weight is 471 g/mol. The number of hydrogen-bond donors (Lipinski definition) is 0. The predicted molar refractivity (Wildman–Crippen MR) is 123 cm³/mol. The minimum absolute atomic E-state index is 0.0242. The highest BCUT2D eigenvalue weighted by atomic mass is 16.6. The van der Waals surface area contributed by atoms with Gasteiger partial charge in [0, 0.05) is 24.1 Å². The summed E-state index contributed by atoms with van der Waals surface area (Å²) in [6.07, 6.45) is 3.70. The standard InChI is InChI=1S/C25H30N2O7/c1-22(2)9-16-10-24(5)12-23(3,4)13-25(14-24,20(16)19(28)11-22)34-21(29)15-6-17(26(30)31)8-18(7-15)27(32)33/h6-8H,9-14H2,1-5H3/t24-,25-/m0/s1. The summed E-state index contributed by atoms with van der Waals surface area (Å²) in [4.78, 5) is 47.9. The molecule has 4 rings (SSSR count). The number of non-ortho nitro benzene ring substituents is 2. The minimum Gasteiger partial charge on any atom is -0.450 e. The molecular formula is C25H30N2O7. The van der Waals surface area contributed by atoms with Crippen LogP contribution in [-0.2, 0) is 9.53 Å². The predicted octanol–water partition coefficient (Wildman–Crippen LogP) is 5.70. The Bertz CT molecular complexity index is 1130. The van der Waals surface area contributed by atoms with Gasteiger partial charge in [0.1, 0.15) is 5.60 Å². The van der Waals surface area contributed by atoms with Crippen LogP contribution in [0.15, 0.2) is 29.3 Å². The summed E-state index contributed by atoms with van der Waals surface area (Å²) in [7, 11) is 0. The summed E-state index contributed by atoms with van der Waals surface area (Å²) in [5.74, 6) is -0.915. The molecule has 1 fully saturated rings. The SMILES string of the molecule is CC1(C)CC(=O)C2=C(C1)C[C@@]1(C)CC(C)(C)C[C@]2(OC(=O)c2cc([N+](=O)[O-])cc([N+](=O)[O-])c2)C1. The third kappa shape index (κ3) is 4.23. The van der Waals surface area contributed by atoms with E-state index < -0.39 is 32.8 Å². The number of hydrogen-bond acceptors (Lipinski definition) is 7. The molecule has 1 aromatic carbocycles. The first-order valence-electron chi connectivity index (χ1n) is 11.5. The summed E-state index contributed by atoms with van der Waals surface area (Å²) in [6, 6.07) is 2.79. The van der Waals surface area contributed by atoms with Crippen molar-refractivity contribution in [3.05, 3.63) is 55.1 Å². The van der Waals surface area contributed by atoms with Crippen molar-refractivity contribution in [1.82, 2.24) is 0 Å². The maximum atomic E-state index is 13.4. The number of Topliss-reactive ketones (excluding diaryl/α,β-unsaturated/α-hetero) is 1. The number of allylic oxidation sites excluding steroid dienone is 1. The van der Waals surface area contributed by atoms with Gasteiger partial charge in [-0.1, -0.05) is 40.2 Å². The van der Waals surface area contributed by atoms with Crippen molar-refractivity contribution in [3.63, 3.8) is 0 Å². The second-order valence-corrected chi connectivity index (χ2v) is 12.2. The first kappa shape index (κ1) is 24.0. The molecule has 0 heterocycles. The van der Waals surface area contributed by atoms with Gasteiger partial charge < -0.3 is 4.74 Å². The zero-order chi connectivity index (χ0) is 25.3. The van der Waals surface area contributed by atoms with Crippen molar-refractivity contribution in [2.75, 3.05) is 0 Å². The number of nitrogens with zero attached hydrogens (tertiary/aromatic N) is 2. The lowest BCUT2D eigenvalue weighted by Crippen LogP contribution is -2.56. The molecule has 182 valence electrons. The van der Waals surface area contributed by atoms with Gasteiger partial charge in [0.25, 0.3) is 11.4 Å². The van der Waals surface area contributed by atoms with E-state index in [1.807, 2.05) is 0 Å². The number of esters is 1. The molecule has 9 heteroatoms. The number of carbonyl (C=O) groups is 2. The quantitative estimate of drug-likeness (QED) is 0.313. The minimum atomic E-state index is -1.16. The number of nitro groups is 2. The molecule has 0 radical (unpaired) electrons. The Morgan fingerprint density at radius 1 is 0.853 bits per heavy atom. The highest BCUT2D eigenvalue weighted by Crippen LogP contribution is 2.62. The summed E-state index contributed by atoms with van der Waals surface area (Å²) in [5, 5.41) is 22.6. The topological polar surface area (TPSA) is 130 Å². The van der Waals surface area contributed by atoms with Gasteiger partial charge in [-0.3, -0.25) is 25.0 Å². The molecule has 0 amide bonds. The maximum Gasteiger partial charge on any atom is 0.339 e. The Morgan fingerprint density at radius 3 is 2.00 bits per heavy atom. The van der Waals surface area contributed by atoms with Crippen molar-refractivity contribution in [3.8, 4) is 0 Å². The fourth-order valence-corrected chi connectivity index (χ4v) is 7.08. The monoisotopic (exact) mass is 470 g/mol. The van der Waals surface area contributed by atoms with E-state index in [1.165, 1.54) is 0 Å². The van der Waals surface area contributed by atoms with E-state index in [4.69, 9.17) is 4.74 Å². The van der Waals surface area contributed by atoms with E-state index in [1.54, 1.807) is 0 Å². The van der Waals surface area contributed by atoms with Crippen LogP contribution in [0.3, 0.4) is 0 Å². The lowest BCUT2D eigenvalue weighted by molar-refractivity contribution is -0.394. The third-order valence-electron chi connectivity index (χ3n) is 7.29. The molecule has 1 saturated carbocycles. The lowest BCUT2D eigenvalue weighted by atomic mass is 9.49. The Balaban J connectivity index is 1.83. The molecular weight excluding hydrogens is 440 g/mol. The summed E-state index contributed by atoms with van der Waals surface area (Å²) >= 11 is 0. The van der Waals surface area contributed by atoms with E-state index in [9.17, 15) is 29.8 Å². The number of ether oxygens (including phenoxy) is 1. The van der Waals surface area contributed by atoms with Crippen LogP contribution < -0.4 is 0 Å². The summed E-state index contributed by atoms with van der Waals surface area (Å²) < 4.78 is 6.15. The molecule has 3 aliphatic rings. The fourth-order valence-electron chi connectivity index (χ4n) is 7.08. The van der Waals surface area contributed by atoms with E-state index in [0.717, 1.165) is 43.0 Å². The van der Waals surface area contributed by atoms with Crippen LogP contribution >= 0.6 is 0 Å². The molecule has 2 atom stereocenters. The van der Waals surface area contributed by atoms with E-state index in [0.29, 0.717) is 24.8 Å². The third-order valence-corrected chi connectivity index (χ3v) is 7.29. The van der Waals surface area contributed by atoms with Crippen molar-refractivity contribution >= 4 is 23.1 Å². The van der Waals surface area contributed by atoms with Gasteiger partial charge >= 0.3 is 5.97 Å². The molecule has 3 aliphatic carbocycles. The lowest BCUT2D eigenvalue weighted by Gasteiger charge is -2.58. The molecule has 0 aromatic heterocycles. The Labute approximate surface area is 197 Å². The molecule has 0 saturated heterocycles. The van der Waals surface area contributed by atoms with Crippen molar-refractivity contribution < 1.29 is 24.2 Å². The first-order chi connectivity index (χ1) is 15.5. The molecule has 0 aliphatic heterocycles. The van der Waals surface area contributed by atoms with Gasteiger partial charge in [-0.05, 0) is 48.3 Å². The van der Waals surface area contributed by atoms with Gasteiger partial charge in [-0.15, -0.1) is 0 Å². The number of fused-ring (bicyclic) bond motifs is 3. The van der Waals surface area contributed by atoms with Crippen LogP contribution in [0.5, 0.6) is 0 Å². The Kier molecular flexibility index (Phi) is 5.27. The number of carbonyl (C=O) groups excluding carboxylic acids is 2. The molecule has 0 unspecified atom stereocenters. The normalized spacial score (nSPS) is 29.3. The van der Waals surface area contributed by atoms with Gasteiger partial charge in [0.2, 0.25) is 0 Å². The molecule has 0 N–H and O–H groups in total. The first-order valence-corrected chi connectivity index (χ1v) is 11.5. The van der Waals surface area contributed by atoms with Crippen molar-refractivity contribution in [2.45, 2.75) is 78.7 Å². The van der Waals surface area contributed by atoms with Crippen LogP contribution in [0.2, 0.25) is 0 Å². The smallest absolute Gasteiger partial charge is 0.339 e. The number of benzene rings is 1. The van der Waals surface area contributed by atoms with Gasteiger partial charge in [0.05, 0.1) is 21.5 Å². The van der Waals surface area contributed by atoms with E-state index >= 15 is 0 Å². The van der Waals surface area contributed by atoms with Crippen LogP contribution in [0, 0.1) is 36.5 Å². The van der Waals surface area contributed by atoms with E-state index in [-0.39, 0.29) is 27.6 Å². The van der Waals surface area contributed by atoms with E-state index in [2.05, 4.69) is 34.6 Å². The summed E-state index contributed by atoms with van der Waals surface area (Å²) in [6.45, 7) is 10.5. The van der Waals surface area contributed by atoms with Crippen molar-refractivity contribution in [2.24, 2.45) is 16.2 Å². The molecule has 1 aromatic rings. The molecule has 2 bridgehead atoms. The molecule has 0 spiro atoms. The van der Waals surface area contributed by atoms with Gasteiger partial charge in [-0.2, -0.15) is 0 Å². The highest BCUT2D eigenvalue weighted by Gasteiger charge is 2.60. The number of rotatable bonds is 4. The van der Waals surface area contributed by atoms with Crippen LogP contribution in [-0.4, -0.2) is 27.2 Å². The Hall–Kier alpha value is -3.10. The number of ketones is 1. The molecule has 9 nitrogen and oxygen atoms in total. The largest absolute Gasteiger partial charge is 0.450 e. The molecule has 34 heavy (non-hydrogen) atoms. The van der Waals surface area contributed by atoms with Crippen LogP contribution in [0.4, 0.5) is 11.4 Å². The van der Waals surface area contributed by atoms with Crippen LogP contribution in [0.25, 0.3) is 0 Å². The van der Waals surface area contributed by atoms with Gasteiger partial charge in [-0.25, -0.2) is 4.79 Å². The maximum absolute atomic E-state index is 13.4. The second kappa shape index (κ2) is 7.45. The van der Waals surface area contributed by atoms with Gasteiger partial charge in [0.15, 0.2) is 5.78 Å².